The number of aromatic nitrogens is 4. The van der Waals surface area contributed by atoms with E-state index in [0.717, 1.165) is 35.0 Å². The van der Waals surface area contributed by atoms with Crippen molar-refractivity contribution < 1.29 is 0 Å². The number of rotatable bonds is 6. The molecule has 0 saturated carbocycles. The van der Waals surface area contributed by atoms with Crippen LogP contribution < -0.4 is 0 Å². The van der Waals surface area contributed by atoms with Crippen molar-refractivity contribution in [3.63, 3.8) is 0 Å². The number of nitrogens with zero attached hydrogens (tertiary/aromatic N) is 5. The van der Waals surface area contributed by atoms with Crippen LogP contribution in [0.15, 0.2) is 48.5 Å². The van der Waals surface area contributed by atoms with E-state index in [1.54, 1.807) is 11.3 Å². The van der Waals surface area contributed by atoms with Crippen LogP contribution in [0, 0.1) is 4.77 Å². The first-order chi connectivity index (χ1) is 13.5. The van der Waals surface area contributed by atoms with Crippen molar-refractivity contribution in [2.75, 3.05) is 7.05 Å². The second-order valence-electron chi connectivity index (χ2n) is 6.59. The van der Waals surface area contributed by atoms with Crippen LogP contribution in [0.5, 0.6) is 0 Å². The molecule has 0 N–H and O–H groups in total. The molecule has 2 aromatic heterocycles. The molecule has 0 aliphatic heterocycles. The Morgan fingerprint density at radius 1 is 1.18 bits per heavy atom. The molecule has 8 heteroatoms. The van der Waals surface area contributed by atoms with Gasteiger partial charge >= 0.3 is 0 Å². The van der Waals surface area contributed by atoms with Gasteiger partial charge in [0.1, 0.15) is 5.01 Å². The predicted octanol–water partition coefficient (Wildman–Crippen LogP) is 5.45. The van der Waals surface area contributed by atoms with Crippen LogP contribution in [0.25, 0.3) is 21.6 Å². The lowest BCUT2D eigenvalue weighted by Gasteiger charge is -2.14. The van der Waals surface area contributed by atoms with E-state index in [9.17, 15) is 0 Å². The third kappa shape index (κ3) is 3.89. The predicted molar refractivity (Wildman–Crippen MR) is 118 cm³/mol. The summed E-state index contributed by atoms with van der Waals surface area (Å²) in [7, 11) is 2.05. The Morgan fingerprint density at radius 2 is 2.00 bits per heavy atom. The molecule has 4 aromatic rings. The van der Waals surface area contributed by atoms with Crippen molar-refractivity contribution >= 4 is 45.4 Å². The lowest BCUT2D eigenvalue weighted by atomic mass is 10.2. The van der Waals surface area contributed by atoms with Gasteiger partial charge in [-0.3, -0.25) is 4.90 Å². The summed E-state index contributed by atoms with van der Waals surface area (Å²) in [6, 6.07) is 15.9. The number of halogens is 1. The van der Waals surface area contributed by atoms with E-state index in [1.165, 1.54) is 4.70 Å². The Kier molecular flexibility index (Phi) is 5.59. The summed E-state index contributed by atoms with van der Waals surface area (Å²) in [6.07, 6.45) is 0. The summed E-state index contributed by atoms with van der Waals surface area (Å²) in [5.74, 6) is 0.836. The van der Waals surface area contributed by atoms with Gasteiger partial charge in [-0.2, -0.15) is 5.10 Å². The maximum absolute atomic E-state index is 6.16. The average molecular weight is 430 g/mol. The Bertz CT molecular complexity index is 1140. The number of hydrogen-bond acceptors (Lipinski definition) is 5. The monoisotopic (exact) mass is 429 g/mol. The second-order valence-corrected chi connectivity index (χ2v) is 8.51. The third-order valence-corrected chi connectivity index (χ3v) is 6.13. The molecule has 5 nitrogen and oxygen atoms in total. The summed E-state index contributed by atoms with van der Waals surface area (Å²) in [6.45, 7) is 4.16. The van der Waals surface area contributed by atoms with E-state index in [1.807, 2.05) is 51.7 Å². The summed E-state index contributed by atoms with van der Waals surface area (Å²) >= 11 is 13.6. The number of benzene rings is 2. The van der Waals surface area contributed by atoms with Crippen molar-refractivity contribution in [3.05, 3.63) is 63.3 Å². The van der Waals surface area contributed by atoms with E-state index >= 15 is 0 Å². The molecule has 0 amide bonds. The molecule has 0 spiro atoms. The highest BCUT2D eigenvalue weighted by Gasteiger charge is 2.14. The summed E-state index contributed by atoms with van der Waals surface area (Å²) in [5.41, 5.74) is 2.01. The van der Waals surface area contributed by atoms with Crippen LogP contribution in [0.4, 0.5) is 0 Å². The summed E-state index contributed by atoms with van der Waals surface area (Å²) in [4.78, 5) is 6.88. The van der Waals surface area contributed by atoms with Gasteiger partial charge in [0.05, 0.1) is 23.4 Å². The lowest BCUT2D eigenvalue weighted by molar-refractivity contribution is 0.243. The highest BCUT2D eigenvalue weighted by molar-refractivity contribution is 7.71. The van der Waals surface area contributed by atoms with Crippen LogP contribution in [0.2, 0.25) is 5.02 Å². The van der Waals surface area contributed by atoms with Gasteiger partial charge in [-0.25, -0.2) is 9.67 Å². The number of fused-ring (bicyclic) bond motifs is 1. The molecule has 0 radical (unpaired) electrons. The fraction of sp³-hybridized carbons (Fsp3) is 0.250. The summed E-state index contributed by atoms with van der Waals surface area (Å²) < 4.78 is 5.81. The first-order valence-corrected chi connectivity index (χ1v) is 10.6. The van der Waals surface area contributed by atoms with Crippen molar-refractivity contribution in [2.24, 2.45) is 0 Å². The first kappa shape index (κ1) is 19.3. The molecule has 0 aliphatic rings. The molecule has 0 unspecified atom stereocenters. The zero-order valence-electron chi connectivity index (χ0n) is 15.7. The normalized spacial score (nSPS) is 11.6. The zero-order chi connectivity index (χ0) is 19.7. The van der Waals surface area contributed by atoms with Crippen molar-refractivity contribution in [1.82, 2.24) is 24.2 Å². The Hall–Kier alpha value is -2.06. The molecule has 2 heterocycles. The van der Waals surface area contributed by atoms with Crippen LogP contribution in [-0.2, 0) is 19.8 Å². The van der Waals surface area contributed by atoms with Gasteiger partial charge in [-0.15, -0.1) is 11.3 Å². The van der Waals surface area contributed by atoms with Gasteiger partial charge in [-0.05, 0) is 50.5 Å². The first-order valence-electron chi connectivity index (χ1n) is 9.01. The third-order valence-electron chi connectivity index (χ3n) is 4.44. The van der Waals surface area contributed by atoms with Gasteiger partial charge in [0.2, 0.25) is 0 Å². The molecule has 0 fully saturated rings. The van der Waals surface area contributed by atoms with Crippen LogP contribution in [-0.4, -0.2) is 31.3 Å². The van der Waals surface area contributed by atoms with E-state index in [2.05, 4.69) is 24.9 Å². The fourth-order valence-corrected chi connectivity index (χ4v) is 4.71. The van der Waals surface area contributed by atoms with Crippen LogP contribution in [0.1, 0.15) is 11.9 Å². The number of thiazole rings is 1. The zero-order valence-corrected chi connectivity index (χ0v) is 18.1. The molecular weight excluding hydrogens is 410 g/mol. The van der Waals surface area contributed by atoms with E-state index < -0.39 is 0 Å². The van der Waals surface area contributed by atoms with Gasteiger partial charge in [-0.1, -0.05) is 35.9 Å². The highest BCUT2D eigenvalue weighted by atomic mass is 35.5. The maximum Gasteiger partial charge on any atom is 0.199 e. The van der Waals surface area contributed by atoms with Gasteiger partial charge in [0, 0.05) is 17.1 Å². The van der Waals surface area contributed by atoms with Crippen molar-refractivity contribution in [2.45, 2.75) is 26.7 Å². The maximum atomic E-state index is 6.16. The topological polar surface area (TPSA) is 38.9 Å². The quantitative estimate of drug-likeness (QED) is 0.382. The van der Waals surface area contributed by atoms with Crippen molar-refractivity contribution in [3.8, 4) is 11.4 Å². The molecule has 0 aliphatic carbocycles. The molecule has 4 rings (SSSR count). The van der Waals surface area contributed by atoms with Gasteiger partial charge in [0.25, 0.3) is 0 Å². The Labute approximate surface area is 177 Å². The SMILES string of the molecule is CCn1c(-c2cccc(Cl)c2)nn(CN(C)Cc2nc3ccccc3s2)c1=S. The van der Waals surface area contributed by atoms with E-state index in [-0.39, 0.29) is 0 Å². The summed E-state index contributed by atoms with van der Waals surface area (Å²) in [5, 5.41) is 6.55. The standard InChI is InChI=1S/C20H20ClN5S2/c1-3-25-19(14-7-6-8-15(21)11-14)23-26(20(25)27)13-24(2)12-18-22-16-9-4-5-10-17(16)28-18/h4-11H,3,12-13H2,1-2H3. The lowest BCUT2D eigenvalue weighted by Crippen LogP contribution is -2.22. The van der Waals surface area contributed by atoms with Gasteiger partial charge < -0.3 is 4.57 Å². The molecule has 144 valence electrons. The molecule has 0 bridgehead atoms. The van der Waals surface area contributed by atoms with Crippen LogP contribution >= 0.6 is 35.2 Å². The largest absolute Gasteiger partial charge is 0.300 e. The molecule has 0 saturated heterocycles. The van der Waals surface area contributed by atoms with E-state index in [0.29, 0.717) is 16.5 Å². The Balaban J connectivity index is 1.58. The van der Waals surface area contributed by atoms with Crippen molar-refractivity contribution in [1.29, 1.82) is 0 Å². The molecule has 2 aromatic carbocycles. The average Bonchev–Trinajstić information content (AvgIpc) is 3.22. The number of hydrogen-bond donors (Lipinski definition) is 0. The molecule has 0 atom stereocenters. The minimum Gasteiger partial charge on any atom is -0.300 e. The smallest absolute Gasteiger partial charge is 0.199 e. The Morgan fingerprint density at radius 3 is 2.75 bits per heavy atom. The fourth-order valence-electron chi connectivity index (χ4n) is 3.16. The van der Waals surface area contributed by atoms with Gasteiger partial charge in [0.15, 0.2) is 10.6 Å². The molecular formula is C20H20ClN5S2. The molecule has 28 heavy (non-hydrogen) atoms. The highest BCUT2D eigenvalue weighted by Crippen LogP contribution is 2.24. The number of para-hydroxylation sites is 1. The minimum absolute atomic E-state index is 0.593. The second kappa shape index (κ2) is 8.13. The van der Waals surface area contributed by atoms with Crippen LogP contribution in [0.3, 0.4) is 0 Å². The minimum atomic E-state index is 0.593. The van der Waals surface area contributed by atoms with E-state index in [4.69, 9.17) is 33.9 Å².